The van der Waals surface area contributed by atoms with Crippen molar-refractivity contribution in [2.75, 3.05) is 6.54 Å². The van der Waals surface area contributed by atoms with Crippen molar-refractivity contribution in [1.29, 1.82) is 0 Å². The van der Waals surface area contributed by atoms with Crippen LogP contribution in [-0.4, -0.2) is 6.54 Å². The lowest BCUT2D eigenvalue weighted by molar-refractivity contribution is 0.530. The molecule has 100 valence electrons. The molecule has 1 nitrogen and oxygen atoms in total. The molecule has 0 aromatic heterocycles. The van der Waals surface area contributed by atoms with E-state index in [1.54, 1.807) is 12.1 Å². The Hall–Kier alpha value is -1.38. The van der Waals surface area contributed by atoms with E-state index in [-0.39, 0.29) is 5.82 Å². The minimum Gasteiger partial charge on any atom is -0.330 e. The molecule has 2 N–H and O–H groups in total. The van der Waals surface area contributed by atoms with E-state index in [0.717, 1.165) is 23.4 Å². The fourth-order valence-electron chi connectivity index (χ4n) is 2.23. The fourth-order valence-corrected chi connectivity index (χ4v) is 2.45. The molecular formula is C16H17ClFN. The maximum Gasteiger partial charge on any atom is 0.123 e. The molecule has 0 saturated heterocycles. The minimum absolute atomic E-state index is 0.198. The average Bonchev–Trinajstić information content (AvgIpc) is 2.38. The van der Waals surface area contributed by atoms with E-state index < -0.39 is 0 Å². The number of halogens is 2. The fraction of sp³-hybridized carbons (Fsp3) is 0.250. The highest BCUT2D eigenvalue weighted by atomic mass is 35.5. The quantitative estimate of drug-likeness (QED) is 0.883. The Bertz CT molecular complexity index is 494. The summed E-state index contributed by atoms with van der Waals surface area (Å²) in [5.41, 5.74) is 7.97. The molecule has 0 aliphatic carbocycles. The minimum atomic E-state index is -0.198. The van der Waals surface area contributed by atoms with E-state index in [9.17, 15) is 4.39 Å². The van der Waals surface area contributed by atoms with Crippen LogP contribution in [0.2, 0.25) is 5.02 Å². The topological polar surface area (TPSA) is 26.0 Å². The Morgan fingerprint density at radius 1 is 1.00 bits per heavy atom. The van der Waals surface area contributed by atoms with Crippen LogP contribution in [0.4, 0.5) is 4.39 Å². The summed E-state index contributed by atoms with van der Waals surface area (Å²) in [6, 6.07) is 14.5. The zero-order valence-electron chi connectivity index (χ0n) is 10.7. The molecule has 1 unspecified atom stereocenters. The van der Waals surface area contributed by atoms with E-state index in [4.69, 9.17) is 17.3 Å². The second kappa shape index (κ2) is 6.69. The van der Waals surface area contributed by atoms with Gasteiger partial charge in [-0.15, -0.1) is 0 Å². The first-order valence-corrected chi connectivity index (χ1v) is 6.74. The standard InChI is InChI=1S/C16H17ClFN/c17-15-5-1-3-12(9-15)7-14(11-19)8-13-4-2-6-16(18)10-13/h1-6,9-10,14H,7-8,11,19H2. The first-order valence-electron chi connectivity index (χ1n) is 6.36. The molecule has 0 fully saturated rings. The van der Waals surface area contributed by atoms with Crippen molar-refractivity contribution in [3.63, 3.8) is 0 Å². The van der Waals surface area contributed by atoms with Crippen LogP contribution in [0.5, 0.6) is 0 Å². The molecule has 2 rings (SSSR count). The van der Waals surface area contributed by atoms with Crippen molar-refractivity contribution in [3.8, 4) is 0 Å². The Labute approximate surface area is 118 Å². The monoisotopic (exact) mass is 277 g/mol. The number of benzene rings is 2. The molecule has 0 heterocycles. The van der Waals surface area contributed by atoms with E-state index in [1.807, 2.05) is 30.3 Å². The zero-order chi connectivity index (χ0) is 13.7. The van der Waals surface area contributed by atoms with Gasteiger partial charge >= 0.3 is 0 Å². The first-order chi connectivity index (χ1) is 9.17. The Morgan fingerprint density at radius 2 is 1.63 bits per heavy atom. The second-order valence-electron chi connectivity index (χ2n) is 4.77. The number of hydrogen-bond acceptors (Lipinski definition) is 1. The van der Waals surface area contributed by atoms with Gasteiger partial charge in [-0.3, -0.25) is 0 Å². The summed E-state index contributed by atoms with van der Waals surface area (Å²) in [4.78, 5) is 0. The summed E-state index contributed by atoms with van der Waals surface area (Å²) in [6.45, 7) is 0.572. The highest BCUT2D eigenvalue weighted by Gasteiger charge is 2.10. The predicted molar refractivity (Wildman–Crippen MR) is 77.8 cm³/mol. The summed E-state index contributed by atoms with van der Waals surface area (Å²) in [6.07, 6.45) is 1.63. The summed E-state index contributed by atoms with van der Waals surface area (Å²) in [5.74, 6) is 0.0938. The smallest absolute Gasteiger partial charge is 0.123 e. The summed E-state index contributed by atoms with van der Waals surface area (Å²) < 4.78 is 13.2. The molecule has 2 aromatic carbocycles. The predicted octanol–water partition coefficient (Wildman–Crippen LogP) is 3.84. The van der Waals surface area contributed by atoms with Gasteiger partial charge in [-0.1, -0.05) is 35.9 Å². The number of hydrogen-bond donors (Lipinski definition) is 1. The van der Waals surface area contributed by atoms with Gasteiger partial charge in [0.15, 0.2) is 0 Å². The van der Waals surface area contributed by atoms with Crippen molar-refractivity contribution >= 4 is 11.6 Å². The summed E-state index contributed by atoms with van der Waals surface area (Å²) >= 11 is 5.97. The van der Waals surface area contributed by atoms with Crippen molar-refractivity contribution in [2.24, 2.45) is 11.7 Å². The molecule has 1 atom stereocenters. The van der Waals surface area contributed by atoms with Gasteiger partial charge in [0.05, 0.1) is 0 Å². The van der Waals surface area contributed by atoms with Crippen LogP contribution in [-0.2, 0) is 12.8 Å². The van der Waals surface area contributed by atoms with Crippen LogP contribution in [0.3, 0.4) is 0 Å². The van der Waals surface area contributed by atoms with Gasteiger partial charge in [0, 0.05) is 5.02 Å². The van der Waals surface area contributed by atoms with Gasteiger partial charge in [-0.05, 0) is 60.7 Å². The lowest BCUT2D eigenvalue weighted by atomic mass is 9.92. The molecule has 19 heavy (non-hydrogen) atoms. The molecule has 0 amide bonds. The van der Waals surface area contributed by atoms with E-state index in [2.05, 4.69) is 0 Å². The summed E-state index contributed by atoms with van der Waals surface area (Å²) in [7, 11) is 0. The number of rotatable bonds is 5. The molecule has 0 bridgehead atoms. The molecule has 0 saturated carbocycles. The lowest BCUT2D eigenvalue weighted by Gasteiger charge is -2.15. The van der Waals surface area contributed by atoms with Crippen LogP contribution in [0.1, 0.15) is 11.1 Å². The third kappa shape index (κ3) is 4.34. The first kappa shape index (κ1) is 14.0. The average molecular weight is 278 g/mol. The third-order valence-corrected chi connectivity index (χ3v) is 3.40. The maximum absolute atomic E-state index is 13.2. The normalized spacial score (nSPS) is 12.4. The van der Waals surface area contributed by atoms with Crippen molar-refractivity contribution in [1.82, 2.24) is 0 Å². The third-order valence-electron chi connectivity index (χ3n) is 3.16. The molecule has 0 aliphatic heterocycles. The SMILES string of the molecule is NCC(Cc1cccc(F)c1)Cc1cccc(Cl)c1. The van der Waals surface area contributed by atoms with Gasteiger partial charge in [0.25, 0.3) is 0 Å². The van der Waals surface area contributed by atoms with Crippen LogP contribution < -0.4 is 5.73 Å². The molecule has 0 radical (unpaired) electrons. The zero-order valence-corrected chi connectivity index (χ0v) is 11.4. The van der Waals surface area contributed by atoms with Gasteiger partial charge in [0.1, 0.15) is 5.82 Å². The number of nitrogens with two attached hydrogens (primary N) is 1. The molecule has 0 aliphatic rings. The lowest BCUT2D eigenvalue weighted by Crippen LogP contribution is -2.19. The van der Waals surface area contributed by atoms with Crippen LogP contribution >= 0.6 is 11.6 Å². The highest BCUT2D eigenvalue weighted by Crippen LogP contribution is 2.17. The van der Waals surface area contributed by atoms with Gasteiger partial charge in [0.2, 0.25) is 0 Å². The molecule has 0 spiro atoms. The van der Waals surface area contributed by atoms with Crippen molar-refractivity contribution in [2.45, 2.75) is 12.8 Å². The Kier molecular flexibility index (Phi) is 4.94. The van der Waals surface area contributed by atoms with Crippen molar-refractivity contribution in [3.05, 3.63) is 70.5 Å². The van der Waals surface area contributed by atoms with Gasteiger partial charge < -0.3 is 5.73 Å². The van der Waals surface area contributed by atoms with Gasteiger partial charge in [-0.25, -0.2) is 4.39 Å². The molecule has 3 heteroatoms. The Morgan fingerprint density at radius 3 is 2.21 bits per heavy atom. The molecule has 2 aromatic rings. The van der Waals surface area contributed by atoms with E-state index in [1.165, 1.54) is 11.6 Å². The molecular weight excluding hydrogens is 261 g/mol. The maximum atomic E-state index is 13.2. The van der Waals surface area contributed by atoms with Gasteiger partial charge in [-0.2, -0.15) is 0 Å². The van der Waals surface area contributed by atoms with E-state index in [0.29, 0.717) is 12.5 Å². The second-order valence-corrected chi connectivity index (χ2v) is 5.21. The highest BCUT2D eigenvalue weighted by molar-refractivity contribution is 6.30. The van der Waals surface area contributed by atoms with Crippen molar-refractivity contribution < 1.29 is 4.39 Å². The van der Waals surface area contributed by atoms with Crippen LogP contribution in [0.15, 0.2) is 48.5 Å². The Balaban J connectivity index is 2.04. The summed E-state index contributed by atoms with van der Waals surface area (Å²) in [5, 5.41) is 0.735. The largest absolute Gasteiger partial charge is 0.330 e. The van der Waals surface area contributed by atoms with Crippen LogP contribution in [0, 0.1) is 11.7 Å². The van der Waals surface area contributed by atoms with E-state index >= 15 is 0 Å². The van der Waals surface area contributed by atoms with Crippen LogP contribution in [0.25, 0.3) is 0 Å².